The number of carboxylic acids is 2. The number of nitrogens with zero attached hydrogens (tertiary/aromatic N) is 2. The Bertz CT molecular complexity index is 608. The molecule has 1 amide bonds. The lowest BCUT2D eigenvalue weighted by atomic mass is 10.2. The highest BCUT2D eigenvalue weighted by molar-refractivity contribution is 6.31. The molecule has 0 fully saturated rings. The molecule has 1 aromatic heterocycles. The molecule has 1 unspecified atom stereocenters. The Kier molecular flexibility index (Phi) is 5.48. The summed E-state index contributed by atoms with van der Waals surface area (Å²) in [5.74, 6) is -3.48. The van der Waals surface area contributed by atoms with E-state index in [9.17, 15) is 14.4 Å². The van der Waals surface area contributed by atoms with Gasteiger partial charge in [-0.15, -0.1) is 0 Å². The smallest absolute Gasteiger partial charge is 0.326 e. The Morgan fingerprint density at radius 1 is 1.43 bits per heavy atom. The van der Waals surface area contributed by atoms with Crippen LogP contribution >= 0.6 is 11.6 Å². The number of carboxylic acid groups (broad SMARTS) is 2. The molecule has 0 saturated heterocycles. The number of carbonyl (C=O) groups excluding carboxylic acids is 1. The van der Waals surface area contributed by atoms with E-state index in [4.69, 9.17) is 21.8 Å². The van der Waals surface area contributed by atoms with Gasteiger partial charge in [0.25, 0.3) is 0 Å². The SMILES string of the molecule is Cc1nn(C)c(Cl)c1/C=C/C(=O)NC(CC(=O)O)C(=O)O. The maximum atomic E-state index is 11.6. The molecule has 0 radical (unpaired) electrons. The summed E-state index contributed by atoms with van der Waals surface area (Å²) in [5, 5.41) is 23.8. The predicted octanol–water partition coefficient (Wildman–Crippen LogP) is 0.439. The molecule has 0 aromatic carbocycles. The van der Waals surface area contributed by atoms with Crippen LogP contribution in [-0.4, -0.2) is 43.9 Å². The molecule has 9 heteroatoms. The average Bonchev–Trinajstić information content (AvgIpc) is 2.60. The van der Waals surface area contributed by atoms with Gasteiger partial charge < -0.3 is 15.5 Å². The van der Waals surface area contributed by atoms with Crippen LogP contribution in [-0.2, 0) is 21.4 Å². The van der Waals surface area contributed by atoms with E-state index < -0.39 is 30.3 Å². The normalized spacial score (nSPS) is 12.3. The van der Waals surface area contributed by atoms with Gasteiger partial charge in [0.15, 0.2) is 0 Å². The molecule has 0 saturated carbocycles. The predicted molar refractivity (Wildman–Crippen MR) is 73.8 cm³/mol. The largest absolute Gasteiger partial charge is 0.481 e. The van der Waals surface area contributed by atoms with Gasteiger partial charge >= 0.3 is 11.9 Å². The van der Waals surface area contributed by atoms with E-state index in [-0.39, 0.29) is 0 Å². The lowest BCUT2D eigenvalue weighted by Gasteiger charge is -2.10. The highest BCUT2D eigenvalue weighted by Gasteiger charge is 2.22. The molecule has 8 nitrogen and oxygen atoms in total. The van der Waals surface area contributed by atoms with Gasteiger partial charge in [-0.3, -0.25) is 14.3 Å². The summed E-state index contributed by atoms with van der Waals surface area (Å²) in [6.07, 6.45) is 1.76. The second-order valence-corrected chi connectivity index (χ2v) is 4.60. The topological polar surface area (TPSA) is 122 Å². The van der Waals surface area contributed by atoms with E-state index in [1.165, 1.54) is 10.8 Å². The van der Waals surface area contributed by atoms with E-state index in [1.54, 1.807) is 14.0 Å². The molecule has 21 heavy (non-hydrogen) atoms. The Balaban J connectivity index is 2.78. The van der Waals surface area contributed by atoms with Crippen molar-refractivity contribution in [1.82, 2.24) is 15.1 Å². The number of aromatic nitrogens is 2. The molecule has 1 atom stereocenters. The fourth-order valence-corrected chi connectivity index (χ4v) is 1.83. The van der Waals surface area contributed by atoms with E-state index >= 15 is 0 Å². The minimum absolute atomic E-state index is 0.330. The number of hydrogen-bond acceptors (Lipinski definition) is 4. The molecule has 0 aliphatic heterocycles. The Hall–Kier alpha value is -2.35. The van der Waals surface area contributed by atoms with Crippen LogP contribution < -0.4 is 5.32 Å². The summed E-state index contributed by atoms with van der Waals surface area (Å²) in [6, 6.07) is -1.50. The summed E-state index contributed by atoms with van der Waals surface area (Å²) in [6.45, 7) is 1.70. The molecule has 0 aliphatic carbocycles. The number of aryl methyl sites for hydroxylation is 2. The summed E-state index contributed by atoms with van der Waals surface area (Å²) < 4.78 is 1.43. The van der Waals surface area contributed by atoms with Gasteiger partial charge in [0.1, 0.15) is 11.2 Å². The van der Waals surface area contributed by atoms with Crippen LogP contribution in [0.4, 0.5) is 0 Å². The van der Waals surface area contributed by atoms with Gasteiger partial charge in [-0.1, -0.05) is 11.6 Å². The third-order valence-corrected chi connectivity index (χ3v) is 3.04. The summed E-state index contributed by atoms with van der Waals surface area (Å²) >= 11 is 5.97. The second-order valence-electron chi connectivity index (χ2n) is 4.24. The number of nitrogens with one attached hydrogen (secondary N) is 1. The van der Waals surface area contributed by atoms with Crippen LogP contribution in [0.15, 0.2) is 6.08 Å². The highest BCUT2D eigenvalue weighted by atomic mass is 35.5. The molecule has 0 spiro atoms. The van der Waals surface area contributed by atoms with E-state index in [0.29, 0.717) is 16.4 Å². The van der Waals surface area contributed by atoms with Crippen molar-refractivity contribution in [2.24, 2.45) is 7.05 Å². The van der Waals surface area contributed by atoms with Crippen LogP contribution in [0.5, 0.6) is 0 Å². The van der Waals surface area contributed by atoms with Crippen molar-refractivity contribution < 1.29 is 24.6 Å². The molecule has 114 valence electrons. The van der Waals surface area contributed by atoms with Crippen molar-refractivity contribution in [2.75, 3.05) is 0 Å². The van der Waals surface area contributed by atoms with Gasteiger partial charge in [0.2, 0.25) is 5.91 Å². The molecule has 1 heterocycles. The first-order chi connectivity index (χ1) is 9.72. The highest BCUT2D eigenvalue weighted by Crippen LogP contribution is 2.19. The second kappa shape index (κ2) is 6.89. The third kappa shape index (κ3) is 4.60. The zero-order valence-corrected chi connectivity index (χ0v) is 12.1. The van der Waals surface area contributed by atoms with E-state index in [2.05, 4.69) is 10.4 Å². The third-order valence-electron chi connectivity index (χ3n) is 2.59. The van der Waals surface area contributed by atoms with Crippen LogP contribution in [0.3, 0.4) is 0 Å². The Labute approximate surface area is 125 Å². The molecular formula is C12H14ClN3O5. The number of aliphatic carboxylic acids is 2. The molecule has 0 aliphatic rings. The molecule has 1 rings (SSSR count). The van der Waals surface area contributed by atoms with E-state index in [0.717, 1.165) is 6.08 Å². The summed E-state index contributed by atoms with van der Waals surface area (Å²) in [7, 11) is 1.64. The van der Waals surface area contributed by atoms with Crippen molar-refractivity contribution in [1.29, 1.82) is 0 Å². The Morgan fingerprint density at radius 2 is 2.05 bits per heavy atom. The number of rotatable bonds is 6. The lowest BCUT2D eigenvalue weighted by Crippen LogP contribution is -2.41. The fourth-order valence-electron chi connectivity index (χ4n) is 1.59. The average molecular weight is 316 g/mol. The van der Waals surface area contributed by atoms with E-state index in [1.807, 2.05) is 0 Å². The molecule has 3 N–H and O–H groups in total. The van der Waals surface area contributed by atoms with Gasteiger partial charge in [-0.05, 0) is 13.0 Å². The molecule has 0 bridgehead atoms. The number of halogens is 1. The van der Waals surface area contributed by atoms with Crippen molar-refractivity contribution in [2.45, 2.75) is 19.4 Å². The fraction of sp³-hybridized carbons (Fsp3) is 0.333. The number of carbonyl (C=O) groups is 3. The van der Waals surface area contributed by atoms with Crippen molar-refractivity contribution >= 4 is 35.5 Å². The zero-order valence-electron chi connectivity index (χ0n) is 11.3. The first-order valence-electron chi connectivity index (χ1n) is 5.84. The maximum absolute atomic E-state index is 11.6. The first kappa shape index (κ1) is 16.7. The van der Waals surface area contributed by atoms with Gasteiger partial charge in [-0.2, -0.15) is 5.10 Å². The monoisotopic (exact) mass is 315 g/mol. The lowest BCUT2D eigenvalue weighted by molar-refractivity contribution is -0.146. The molecule has 1 aromatic rings. The van der Waals surface area contributed by atoms with Crippen LogP contribution in [0.2, 0.25) is 5.15 Å². The Morgan fingerprint density at radius 3 is 2.48 bits per heavy atom. The summed E-state index contributed by atoms with van der Waals surface area (Å²) in [4.78, 5) is 32.9. The first-order valence-corrected chi connectivity index (χ1v) is 6.22. The zero-order chi connectivity index (χ0) is 16.2. The minimum atomic E-state index is -1.50. The van der Waals surface area contributed by atoms with Crippen LogP contribution in [0.1, 0.15) is 17.7 Å². The quantitative estimate of drug-likeness (QED) is 0.655. The van der Waals surface area contributed by atoms with Gasteiger partial charge in [0, 0.05) is 18.7 Å². The van der Waals surface area contributed by atoms with Crippen LogP contribution in [0, 0.1) is 6.92 Å². The van der Waals surface area contributed by atoms with Crippen molar-refractivity contribution in [3.05, 3.63) is 22.5 Å². The van der Waals surface area contributed by atoms with Crippen molar-refractivity contribution in [3.8, 4) is 0 Å². The molecular weight excluding hydrogens is 302 g/mol. The maximum Gasteiger partial charge on any atom is 0.326 e. The standard InChI is InChI=1S/C12H14ClN3O5/c1-6-7(11(13)16(2)15-6)3-4-9(17)14-8(12(20)21)5-10(18)19/h3-4,8H,5H2,1-2H3,(H,14,17)(H,18,19)(H,20,21)/b4-3+. The van der Waals surface area contributed by atoms with Gasteiger partial charge in [-0.25, -0.2) is 4.79 Å². The van der Waals surface area contributed by atoms with Crippen LogP contribution in [0.25, 0.3) is 6.08 Å². The number of hydrogen-bond donors (Lipinski definition) is 3. The van der Waals surface area contributed by atoms with Gasteiger partial charge in [0.05, 0.1) is 12.1 Å². The number of amides is 1. The van der Waals surface area contributed by atoms with Crippen molar-refractivity contribution in [3.63, 3.8) is 0 Å². The minimum Gasteiger partial charge on any atom is -0.481 e. The summed E-state index contributed by atoms with van der Waals surface area (Å²) in [5.41, 5.74) is 1.13.